The Balaban J connectivity index is 1.53. The standard InChI is InChI=1S/C30H52O4/c1-7-20(19(2)18-31)16-27(32)30(5,33)26-11-10-24-23-9-8-21-17-22(34-6)12-14-28(21,3)25(23)13-15-29(24,26)4/h8,19-20,22-27,31-33H,7,9-18H2,1-6H3/t19-,20-,22+,23+,24+,25+,26+,27-,28+,29+,30-/m1/s1. The van der Waals surface area contributed by atoms with Crippen molar-refractivity contribution in [2.45, 2.75) is 117 Å². The van der Waals surface area contributed by atoms with E-state index in [1.54, 1.807) is 5.57 Å². The number of aliphatic hydroxyl groups is 3. The Morgan fingerprint density at radius 2 is 1.88 bits per heavy atom. The smallest absolute Gasteiger partial charge is 0.0910 e. The van der Waals surface area contributed by atoms with Gasteiger partial charge >= 0.3 is 0 Å². The summed E-state index contributed by atoms with van der Waals surface area (Å²) in [4.78, 5) is 0. The minimum absolute atomic E-state index is 0.0847. The van der Waals surface area contributed by atoms with E-state index in [4.69, 9.17) is 4.74 Å². The second-order valence-corrected chi connectivity index (χ2v) is 13.3. The molecule has 0 aromatic rings. The molecule has 11 atom stereocenters. The zero-order valence-corrected chi connectivity index (χ0v) is 22.7. The van der Waals surface area contributed by atoms with Crippen molar-refractivity contribution in [2.75, 3.05) is 13.7 Å². The molecule has 0 unspecified atom stereocenters. The molecule has 0 spiro atoms. The quantitative estimate of drug-likeness (QED) is 0.391. The van der Waals surface area contributed by atoms with Crippen molar-refractivity contribution in [3.63, 3.8) is 0 Å². The van der Waals surface area contributed by atoms with E-state index < -0.39 is 11.7 Å². The second kappa shape index (κ2) is 9.80. The predicted octanol–water partition coefficient (Wildman–Crippen LogP) is 5.74. The van der Waals surface area contributed by atoms with Crippen LogP contribution >= 0.6 is 0 Å². The molecule has 0 aromatic heterocycles. The lowest BCUT2D eigenvalue weighted by Crippen LogP contribution is -2.56. The summed E-state index contributed by atoms with van der Waals surface area (Å²) in [5, 5.41) is 32.8. The predicted molar refractivity (Wildman–Crippen MR) is 137 cm³/mol. The highest BCUT2D eigenvalue weighted by molar-refractivity contribution is 5.26. The molecule has 34 heavy (non-hydrogen) atoms. The molecule has 4 aliphatic carbocycles. The first kappa shape index (κ1) is 26.6. The SMILES string of the molecule is CC[C@H](C[C@@H](O)[C@](C)(O)[C@H]1CC[C@H]2[C@@H]3CC=C4C[C@@H](OC)CC[C@]4(C)[C@H]3CC[C@]12C)[C@H](C)CO. The van der Waals surface area contributed by atoms with Gasteiger partial charge in [-0.05, 0) is 111 Å². The van der Waals surface area contributed by atoms with E-state index in [-0.39, 0.29) is 29.8 Å². The van der Waals surface area contributed by atoms with Crippen molar-refractivity contribution < 1.29 is 20.1 Å². The summed E-state index contributed by atoms with van der Waals surface area (Å²) in [6.45, 7) is 11.2. The van der Waals surface area contributed by atoms with Gasteiger partial charge in [-0.3, -0.25) is 0 Å². The molecule has 0 bridgehead atoms. The van der Waals surface area contributed by atoms with Crippen molar-refractivity contribution in [3.05, 3.63) is 11.6 Å². The van der Waals surface area contributed by atoms with Gasteiger partial charge in [0.25, 0.3) is 0 Å². The van der Waals surface area contributed by atoms with Gasteiger partial charge < -0.3 is 20.1 Å². The number of methoxy groups -OCH3 is 1. The van der Waals surface area contributed by atoms with Crippen LogP contribution in [0, 0.1) is 46.3 Å². The van der Waals surface area contributed by atoms with E-state index in [0.29, 0.717) is 29.8 Å². The average molecular weight is 477 g/mol. The van der Waals surface area contributed by atoms with Gasteiger partial charge in [0.15, 0.2) is 0 Å². The molecular weight excluding hydrogens is 424 g/mol. The van der Waals surface area contributed by atoms with Crippen LogP contribution in [0.5, 0.6) is 0 Å². The Morgan fingerprint density at radius 3 is 2.53 bits per heavy atom. The molecule has 3 fully saturated rings. The van der Waals surface area contributed by atoms with Gasteiger partial charge in [0.05, 0.1) is 17.8 Å². The van der Waals surface area contributed by atoms with Gasteiger partial charge in [-0.25, -0.2) is 0 Å². The lowest BCUT2D eigenvalue weighted by atomic mass is 9.46. The highest BCUT2D eigenvalue weighted by Crippen LogP contribution is 2.67. The molecule has 196 valence electrons. The fourth-order valence-corrected chi connectivity index (χ4v) is 9.50. The third kappa shape index (κ3) is 4.23. The van der Waals surface area contributed by atoms with Gasteiger partial charge in [0.1, 0.15) is 0 Å². The maximum atomic E-state index is 11.8. The van der Waals surface area contributed by atoms with Gasteiger partial charge in [-0.2, -0.15) is 0 Å². The zero-order valence-electron chi connectivity index (χ0n) is 22.7. The Hall–Kier alpha value is -0.420. The number of fused-ring (bicyclic) bond motifs is 5. The summed E-state index contributed by atoms with van der Waals surface area (Å²) in [6, 6.07) is 0. The van der Waals surface area contributed by atoms with E-state index >= 15 is 0 Å². The number of hydrogen-bond acceptors (Lipinski definition) is 4. The van der Waals surface area contributed by atoms with E-state index in [1.807, 2.05) is 14.0 Å². The number of rotatable bonds is 8. The van der Waals surface area contributed by atoms with Gasteiger partial charge in [-0.1, -0.05) is 45.8 Å². The fourth-order valence-electron chi connectivity index (χ4n) is 9.50. The highest BCUT2D eigenvalue weighted by atomic mass is 16.5. The molecule has 4 aliphatic rings. The maximum absolute atomic E-state index is 11.8. The van der Waals surface area contributed by atoms with Crippen LogP contribution in [0.4, 0.5) is 0 Å². The average Bonchev–Trinajstić information content (AvgIpc) is 3.19. The van der Waals surface area contributed by atoms with E-state index in [0.717, 1.165) is 31.6 Å². The largest absolute Gasteiger partial charge is 0.396 e. The van der Waals surface area contributed by atoms with Crippen molar-refractivity contribution in [2.24, 2.45) is 46.3 Å². The van der Waals surface area contributed by atoms with Crippen LogP contribution in [-0.2, 0) is 4.74 Å². The summed E-state index contributed by atoms with van der Waals surface area (Å²) in [6.07, 6.45) is 13.0. The highest BCUT2D eigenvalue weighted by Gasteiger charge is 2.62. The number of hydrogen-bond donors (Lipinski definition) is 3. The number of aliphatic hydroxyl groups excluding tert-OH is 2. The third-order valence-corrected chi connectivity index (χ3v) is 11.9. The Bertz CT molecular complexity index is 746. The minimum atomic E-state index is -1.09. The van der Waals surface area contributed by atoms with Crippen molar-refractivity contribution in [1.82, 2.24) is 0 Å². The number of ether oxygens (including phenoxy) is 1. The summed E-state index contributed by atoms with van der Waals surface area (Å²) in [7, 11) is 1.86. The lowest BCUT2D eigenvalue weighted by Gasteiger charge is -2.59. The van der Waals surface area contributed by atoms with Crippen molar-refractivity contribution >= 4 is 0 Å². The molecule has 0 radical (unpaired) electrons. The van der Waals surface area contributed by atoms with Crippen molar-refractivity contribution in [1.29, 1.82) is 0 Å². The summed E-state index contributed by atoms with van der Waals surface area (Å²) < 4.78 is 5.73. The summed E-state index contributed by atoms with van der Waals surface area (Å²) in [5.74, 6) is 2.58. The van der Waals surface area contributed by atoms with Crippen LogP contribution in [-0.4, -0.2) is 46.8 Å². The molecular formula is C30H52O4. The third-order valence-electron chi connectivity index (χ3n) is 11.9. The summed E-state index contributed by atoms with van der Waals surface area (Å²) in [5.41, 5.74) is 0.959. The van der Waals surface area contributed by atoms with Crippen LogP contribution in [0.1, 0.15) is 98.8 Å². The topological polar surface area (TPSA) is 69.9 Å². The molecule has 0 saturated heterocycles. The van der Waals surface area contributed by atoms with Crippen LogP contribution in [0.3, 0.4) is 0 Å². The molecule has 4 rings (SSSR count). The zero-order chi connectivity index (χ0) is 24.9. The first-order valence-electron chi connectivity index (χ1n) is 14.3. The lowest BCUT2D eigenvalue weighted by molar-refractivity contribution is -0.155. The van der Waals surface area contributed by atoms with Gasteiger partial charge in [0.2, 0.25) is 0 Å². The van der Waals surface area contributed by atoms with Crippen LogP contribution in [0.15, 0.2) is 11.6 Å². The van der Waals surface area contributed by atoms with Crippen LogP contribution in [0.2, 0.25) is 0 Å². The Morgan fingerprint density at radius 1 is 1.15 bits per heavy atom. The molecule has 4 heteroatoms. The number of allylic oxidation sites excluding steroid dienone is 1. The molecule has 0 aromatic carbocycles. The fraction of sp³-hybridized carbons (Fsp3) is 0.933. The molecule has 4 nitrogen and oxygen atoms in total. The first-order chi connectivity index (χ1) is 16.0. The minimum Gasteiger partial charge on any atom is -0.396 e. The van der Waals surface area contributed by atoms with E-state index in [2.05, 4.69) is 33.8 Å². The van der Waals surface area contributed by atoms with Gasteiger partial charge in [0, 0.05) is 13.7 Å². The molecule has 3 saturated carbocycles. The van der Waals surface area contributed by atoms with E-state index in [9.17, 15) is 15.3 Å². The maximum Gasteiger partial charge on any atom is 0.0910 e. The summed E-state index contributed by atoms with van der Waals surface area (Å²) >= 11 is 0. The van der Waals surface area contributed by atoms with Crippen LogP contribution < -0.4 is 0 Å². The molecule has 0 amide bonds. The Kier molecular flexibility index (Phi) is 7.68. The first-order valence-corrected chi connectivity index (χ1v) is 14.3. The van der Waals surface area contributed by atoms with Crippen molar-refractivity contribution in [3.8, 4) is 0 Å². The molecule has 0 aliphatic heterocycles. The molecule has 3 N–H and O–H groups in total. The van der Waals surface area contributed by atoms with Crippen LogP contribution in [0.25, 0.3) is 0 Å². The Labute approximate surface area is 208 Å². The van der Waals surface area contributed by atoms with Gasteiger partial charge in [-0.15, -0.1) is 0 Å². The monoisotopic (exact) mass is 476 g/mol. The van der Waals surface area contributed by atoms with E-state index in [1.165, 1.54) is 32.1 Å². The normalized spacial score (nSPS) is 44.1. The second-order valence-electron chi connectivity index (χ2n) is 13.3. The molecule has 0 heterocycles.